The predicted molar refractivity (Wildman–Crippen MR) is 80.4 cm³/mol. The van der Waals surface area contributed by atoms with E-state index in [1.807, 2.05) is 19.1 Å². The van der Waals surface area contributed by atoms with Gasteiger partial charge in [-0.2, -0.15) is 7.84 Å². The van der Waals surface area contributed by atoms with Crippen LogP contribution in [0.4, 0.5) is 0 Å². The van der Waals surface area contributed by atoms with Crippen LogP contribution in [-0.4, -0.2) is 15.5 Å². The highest BCUT2D eigenvalue weighted by molar-refractivity contribution is 7.91. The summed E-state index contributed by atoms with van der Waals surface area (Å²) >= 11 is -4.03. The maximum absolute atomic E-state index is 11.9. The molecule has 0 spiro atoms. The number of methoxy groups -OCH3 is 1. The normalized spacial score (nSPS) is 13.4. The third-order valence-electron chi connectivity index (χ3n) is 2.55. The fourth-order valence-corrected chi connectivity index (χ4v) is 2.92. The van der Waals surface area contributed by atoms with Gasteiger partial charge in [0.1, 0.15) is 11.5 Å². The topological polar surface area (TPSA) is 61.8 Å². The van der Waals surface area contributed by atoms with Gasteiger partial charge in [-0.3, -0.25) is 0 Å². The van der Waals surface area contributed by atoms with E-state index in [4.69, 9.17) is 12.5 Å². The van der Waals surface area contributed by atoms with Crippen molar-refractivity contribution >= 4 is 22.4 Å². The summed E-state index contributed by atoms with van der Waals surface area (Å²) in [5.74, 6) is 1.01. The van der Waals surface area contributed by atoms with Gasteiger partial charge >= 0.3 is 11.4 Å². The Morgan fingerprint density at radius 2 is 1.43 bits per heavy atom. The second-order valence-corrected chi connectivity index (χ2v) is 6.14. The van der Waals surface area contributed by atoms with E-state index < -0.39 is 22.4 Å². The number of rotatable bonds is 6. The molecule has 0 saturated heterocycles. The molecule has 2 unspecified atom stereocenters. The molecular weight excluding hydrogens is 312 g/mol. The van der Waals surface area contributed by atoms with Crippen molar-refractivity contribution in [2.24, 2.45) is 0 Å². The van der Waals surface area contributed by atoms with Crippen molar-refractivity contribution in [2.75, 3.05) is 7.11 Å². The van der Waals surface area contributed by atoms with Crippen LogP contribution in [0.15, 0.2) is 53.4 Å². The summed E-state index contributed by atoms with van der Waals surface area (Å²) in [6.45, 7) is 1.93. The van der Waals surface area contributed by atoms with Crippen LogP contribution < -0.4 is 8.92 Å². The molecule has 0 bridgehead atoms. The van der Waals surface area contributed by atoms with Gasteiger partial charge in [0.15, 0.2) is 0 Å². The van der Waals surface area contributed by atoms with E-state index in [1.54, 1.807) is 36.4 Å². The van der Waals surface area contributed by atoms with Gasteiger partial charge in [0.2, 0.25) is 11.1 Å². The van der Waals surface area contributed by atoms with Crippen molar-refractivity contribution in [2.45, 2.75) is 11.8 Å². The van der Waals surface area contributed by atoms with Gasteiger partial charge in [-0.15, -0.1) is 0 Å². The first-order chi connectivity index (χ1) is 10.1. The third-order valence-corrected chi connectivity index (χ3v) is 4.48. The van der Waals surface area contributed by atoms with Gasteiger partial charge in [-0.05, 0) is 43.3 Å². The quantitative estimate of drug-likeness (QED) is 0.817. The zero-order chi connectivity index (χ0) is 15.2. The van der Waals surface area contributed by atoms with E-state index in [0.717, 1.165) is 5.56 Å². The first-order valence-corrected chi connectivity index (χ1v) is 8.07. The molecule has 2 aromatic rings. The molecule has 21 heavy (non-hydrogen) atoms. The van der Waals surface area contributed by atoms with Crippen molar-refractivity contribution in [1.29, 1.82) is 0 Å². The van der Waals surface area contributed by atoms with Crippen molar-refractivity contribution in [3.05, 3.63) is 54.1 Å². The van der Waals surface area contributed by atoms with Crippen LogP contribution in [0, 0.1) is 6.92 Å². The molecule has 2 aromatic carbocycles. The zero-order valence-corrected chi connectivity index (χ0v) is 13.1. The molecule has 0 aliphatic rings. The molecule has 0 amide bonds. The molecule has 5 nitrogen and oxygen atoms in total. The average molecular weight is 326 g/mol. The van der Waals surface area contributed by atoms with Crippen LogP contribution in [0.3, 0.4) is 0 Å². The lowest BCUT2D eigenvalue weighted by Gasteiger charge is -2.05. The standard InChI is InChI=1S/C14H14O5S2/c1-11-3-5-13(6-4-11)18-21(16)19-20(15)14-9-7-12(17-2)8-10-14/h3-10H,1-2H3. The van der Waals surface area contributed by atoms with Crippen LogP contribution in [0.2, 0.25) is 0 Å². The van der Waals surface area contributed by atoms with E-state index in [9.17, 15) is 8.42 Å². The van der Waals surface area contributed by atoms with E-state index in [2.05, 4.69) is 0 Å². The summed E-state index contributed by atoms with van der Waals surface area (Å²) in [6, 6.07) is 13.4. The maximum atomic E-state index is 11.9. The predicted octanol–water partition coefficient (Wildman–Crippen LogP) is 2.70. The average Bonchev–Trinajstić information content (AvgIpc) is 2.49. The Kier molecular flexibility index (Phi) is 5.49. The first kappa shape index (κ1) is 15.7. The Hall–Kier alpha value is -1.70. The molecule has 0 aliphatic carbocycles. The number of benzene rings is 2. The molecular formula is C14H14O5S2. The Morgan fingerprint density at radius 3 is 2.00 bits per heavy atom. The molecule has 0 fully saturated rings. The molecule has 7 heteroatoms. The molecule has 0 saturated carbocycles. The van der Waals surface area contributed by atoms with Crippen LogP contribution in [0.1, 0.15) is 5.56 Å². The Labute approximate surface area is 128 Å². The van der Waals surface area contributed by atoms with Crippen molar-refractivity contribution < 1.29 is 21.0 Å². The second kappa shape index (κ2) is 7.35. The SMILES string of the molecule is COc1ccc(S(=O)OS(=O)Oc2ccc(C)cc2)cc1. The highest BCUT2D eigenvalue weighted by Gasteiger charge is 2.12. The fourth-order valence-electron chi connectivity index (χ4n) is 1.46. The number of aryl methyl sites for hydroxylation is 1. The fraction of sp³-hybridized carbons (Fsp3) is 0.143. The highest BCUT2D eigenvalue weighted by atomic mass is 32.3. The Bertz CT molecular complexity index is 637. The van der Waals surface area contributed by atoms with Gasteiger partial charge in [-0.25, -0.2) is 4.21 Å². The zero-order valence-electron chi connectivity index (χ0n) is 11.5. The summed E-state index contributed by atoms with van der Waals surface area (Å²) in [7, 11) is 1.53. The minimum absolute atomic E-state index is 0.372. The molecule has 112 valence electrons. The summed E-state index contributed by atoms with van der Waals surface area (Å²) in [6.07, 6.45) is 0. The van der Waals surface area contributed by atoms with E-state index in [1.165, 1.54) is 7.11 Å². The largest absolute Gasteiger partial charge is 0.497 e. The Balaban J connectivity index is 1.95. The number of ether oxygens (including phenoxy) is 1. The van der Waals surface area contributed by atoms with Crippen LogP contribution in [0.5, 0.6) is 11.5 Å². The van der Waals surface area contributed by atoms with Gasteiger partial charge in [0, 0.05) is 0 Å². The van der Waals surface area contributed by atoms with E-state index in [0.29, 0.717) is 16.4 Å². The molecule has 0 heterocycles. The minimum atomic E-state index is -2.15. The molecule has 0 N–H and O–H groups in total. The summed E-state index contributed by atoms with van der Waals surface area (Å²) in [5, 5.41) is 0. The summed E-state index contributed by atoms with van der Waals surface area (Å²) in [4.78, 5) is 0.372. The Morgan fingerprint density at radius 1 is 0.857 bits per heavy atom. The lowest BCUT2D eigenvalue weighted by atomic mass is 10.2. The lowest BCUT2D eigenvalue weighted by Crippen LogP contribution is -2.07. The van der Waals surface area contributed by atoms with E-state index >= 15 is 0 Å². The smallest absolute Gasteiger partial charge is 0.374 e. The van der Waals surface area contributed by atoms with Crippen molar-refractivity contribution in [3.63, 3.8) is 0 Å². The summed E-state index contributed by atoms with van der Waals surface area (Å²) in [5.41, 5.74) is 1.05. The van der Waals surface area contributed by atoms with Gasteiger partial charge in [0.25, 0.3) is 0 Å². The monoisotopic (exact) mass is 326 g/mol. The maximum Gasteiger partial charge on any atom is 0.374 e. The lowest BCUT2D eigenvalue weighted by molar-refractivity contribution is 0.414. The van der Waals surface area contributed by atoms with Crippen LogP contribution in [-0.2, 0) is 26.1 Å². The number of hydrogen-bond donors (Lipinski definition) is 0. The van der Waals surface area contributed by atoms with Crippen LogP contribution in [0.25, 0.3) is 0 Å². The van der Waals surface area contributed by atoms with Crippen LogP contribution >= 0.6 is 0 Å². The molecule has 2 atom stereocenters. The van der Waals surface area contributed by atoms with Gasteiger partial charge in [-0.1, -0.05) is 17.7 Å². The molecule has 2 rings (SSSR count). The minimum Gasteiger partial charge on any atom is -0.497 e. The first-order valence-electron chi connectivity index (χ1n) is 6.00. The number of hydrogen-bond acceptors (Lipinski definition) is 5. The third kappa shape index (κ3) is 4.66. The van der Waals surface area contributed by atoms with Gasteiger partial charge < -0.3 is 8.92 Å². The van der Waals surface area contributed by atoms with Gasteiger partial charge in [0.05, 0.1) is 12.0 Å². The molecule has 0 aromatic heterocycles. The highest BCUT2D eigenvalue weighted by Crippen LogP contribution is 2.17. The summed E-state index contributed by atoms with van der Waals surface area (Å²) < 4.78 is 38.4. The molecule has 0 radical (unpaired) electrons. The molecule has 0 aliphatic heterocycles. The second-order valence-electron chi connectivity index (χ2n) is 4.08. The van der Waals surface area contributed by atoms with Crippen molar-refractivity contribution in [3.8, 4) is 11.5 Å². The van der Waals surface area contributed by atoms with Crippen molar-refractivity contribution in [1.82, 2.24) is 0 Å². The van der Waals surface area contributed by atoms with E-state index in [-0.39, 0.29) is 0 Å².